The van der Waals surface area contributed by atoms with Gasteiger partial charge >= 0.3 is 0 Å². The molecule has 1 aliphatic rings. The summed E-state index contributed by atoms with van der Waals surface area (Å²) in [5.41, 5.74) is 1.15. The average molecular weight is 545 g/mol. The van der Waals surface area contributed by atoms with Crippen LogP contribution in [0.1, 0.15) is 37.6 Å². The lowest BCUT2D eigenvalue weighted by molar-refractivity contribution is 0.0985. The number of para-hydroxylation sites is 1. The zero-order valence-corrected chi connectivity index (χ0v) is 23.8. The Kier molecular flexibility index (Phi) is 8.52. The van der Waals surface area contributed by atoms with Gasteiger partial charge in [-0.3, -0.25) is 9.69 Å². The second-order valence-corrected chi connectivity index (χ2v) is 13.0. The number of piperidine rings is 1. The lowest BCUT2D eigenvalue weighted by Gasteiger charge is -2.34. The fraction of sp³-hybridized carbons (Fsp3) is 0.481. The van der Waals surface area contributed by atoms with Gasteiger partial charge in [-0.25, -0.2) is 13.4 Å². The minimum atomic E-state index is -3.61. The lowest BCUT2D eigenvalue weighted by atomic mass is 9.94. The number of hydrogen-bond acceptors (Lipinski definition) is 7. The highest BCUT2D eigenvalue weighted by Gasteiger charge is 2.32. The van der Waals surface area contributed by atoms with Gasteiger partial charge < -0.3 is 9.64 Å². The highest BCUT2D eigenvalue weighted by molar-refractivity contribution is 7.89. The second-order valence-electron chi connectivity index (χ2n) is 10.1. The molecule has 0 N–H and O–H groups in total. The first-order valence-electron chi connectivity index (χ1n) is 12.7. The van der Waals surface area contributed by atoms with Crippen molar-refractivity contribution in [2.45, 2.75) is 32.1 Å². The third kappa shape index (κ3) is 6.14. The van der Waals surface area contributed by atoms with Crippen LogP contribution in [0.4, 0.5) is 5.13 Å². The lowest BCUT2D eigenvalue weighted by Crippen LogP contribution is -2.42. The first kappa shape index (κ1) is 27.5. The van der Waals surface area contributed by atoms with E-state index in [1.165, 1.54) is 11.3 Å². The summed E-state index contributed by atoms with van der Waals surface area (Å²) in [5, 5.41) is 0.585. The number of rotatable bonds is 9. The maximum atomic E-state index is 13.7. The summed E-state index contributed by atoms with van der Waals surface area (Å²) >= 11 is 1.44. The summed E-state index contributed by atoms with van der Waals surface area (Å²) in [7, 11) is 0.295. The van der Waals surface area contributed by atoms with Crippen molar-refractivity contribution >= 4 is 42.6 Å². The maximum Gasteiger partial charge on any atom is 0.260 e. The van der Waals surface area contributed by atoms with Gasteiger partial charge in [0.1, 0.15) is 11.3 Å². The third-order valence-corrected chi connectivity index (χ3v) is 9.38. The van der Waals surface area contributed by atoms with E-state index in [0.29, 0.717) is 61.1 Å². The molecule has 0 bridgehead atoms. The molecule has 10 heteroatoms. The molecule has 0 radical (unpaired) electrons. The van der Waals surface area contributed by atoms with Gasteiger partial charge in [-0.2, -0.15) is 4.31 Å². The summed E-state index contributed by atoms with van der Waals surface area (Å²) in [4.78, 5) is 22.3. The number of thiazole rings is 1. The number of fused-ring (bicyclic) bond motifs is 1. The van der Waals surface area contributed by atoms with Crippen LogP contribution in [0.5, 0.6) is 5.75 Å². The Morgan fingerprint density at radius 3 is 2.38 bits per heavy atom. The van der Waals surface area contributed by atoms with Gasteiger partial charge in [-0.1, -0.05) is 31.3 Å². The molecule has 0 spiro atoms. The largest absolute Gasteiger partial charge is 0.492 e. The molecule has 200 valence electrons. The van der Waals surface area contributed by atoms with Crippen LogP contribution in [0.2, 0.25) is 0 Å². The van der Waals surface area contributed by atoms with Gasteiger partial charge in [-0.05, 0) is 75.7 Å². The zero-order chi connectivity index (χ0) is 26.7. The molecule has 2 unspecified atom stereocenters. The smallest absolute Gasteiger partial charge is 0.260 e. The predicted octanol–water partition coefficient (Wildman–Crippen LogP) is 4.57. The van der Waals surface area contributed by atoms with Crippen molar-refractivity contribution < 1.29 is 17.9 Å². The van der Waals surface area contributed by atoms with Crippen molar-refractivity contribution in [1.82, 2.24) is 14.2 Å². The SMILES string of the molecule is CCOc1cccc2sc(N(CCN(C)C)C(=O)c3ccc(S(=O)(=O)N4CC(C)CC(C)C4)cc3)nc12. The Balaban J connectivity index is 1.62. The van der Waals surface area contributed by atoms with Gasteiger partial charge in [-0.15, -0.1) is 0 Å². The molecule has 1 amide bonds. The van der Waals surface area contributed by atoms with Crippen LogP contribution in [-0.2, 0) is 10.0 Å². The van der Waals surface area contributed by atoms with E-state index in [-0.39, 0.29) is 10.8 Å². The molecule has 1 aromatic heterocycles. The molecule has 4 rings (SSSR count). The van der Waals surface area contributed by atoms with E-state index in [0.717, 1.165) is 16.6 Å². The Morgan fingerprint density at radius 1 is 1.08 bits per heavy atom. The van der Waals surface area contributed by atoms with Gasteiger partial charge in [0.25, 0.3) is 5.91 Å². The number of carbonyl (C=O) groups is 1. The zero-order valence-electron chi connectivity index (χ0n) is 22.2. The molecule has 37 heavy (non-hydrogen) atoms. The van der Waals surface area contributed by atoms with E-state index in [4.69, 9.17) is 9.72 Å². The first-order valence-corrected chi connectivity index (χ1v) is 14.9. The Hall–Kier alpha value is -2.53. The van der Waals surface area contributed by atoms with Crippen LogP contribution in [0.15, 0.2) is 47.4 Å². The number of benzene rings is 2. The number of aromatic nitrogens is 1. The fourth-order valence-electron chi connectivity index (χ4n) is 4.76. The minimum Gasteiger partial charge on any atom is -0.492 e. The molecule has 2 aromatic carbocycles. The van der Waals surface area contributed by atoms with Crippen molar-refractivity contribution in [2.24, 2.45) is 11.8 Å². The number of ether oxygens (including phenoxy) is 1. The number of carbonyl (C=O) groups excluding carboxylic acids is 1. The number of hydrogen-bond donors (Lipinski definition) is 0. The van der Waals surface area contributed by atoms with E-state index in [1.807, 2.05) is 44.1 Å². The van der Waals surface area contributed by atoms with Crippen LogP contribution in [0.3, 0.4) is 0 Å². The average Bonchev–Trinajstić information content (AvgIpc) is 3.28. The summed E-state index contributed by atoms with van der Waals surface area (Å²) in [6.45, 7) is 8.76. The number of likely N-dealkylation sites (N-methyl/N-ethyl adjacent to an activating group) is 1. The predicted molar refractivity (Wildman–Crippen MR) is 149 cm³/mol. The topological polar surface area (TPSA) is 83.0 Å². The summed E-state index contributed by atoms with van der Waals surface area (Å²) in [5.74, 6) is 1.12. The standard InChI is InChI=1S/C27H36N4O4S2/c1-6-35-23-8-7-9-24-25(23)28-27(36-24)31(15-14-29(4)5)26(32)21-10-12-22(13-11-21)37(33,34)30-17-19(2)16-20(3)18-30/h7-13,19-20H,6,14-18H2,1-5H3. The van der Waals surface area contributed by atoms with Crippen molar-refractivity contribution in [3.63, 3.8) is 0 Å². The van der Waals surface area contributed by atoms with Gasteiger partial charge in [0, 0.05) is 31.7 Å². The van der Waals surface area contributed by atoms with Crippen LogP contribution in [0, 0.1) is 11.8 Å². The van der Waals surface area contributed by atoms with Crippen molar-refractivity contribution in [1.29, 1.82) is 0 Å². The Morgan fingerprint density at radius 2 is 1.76 bits per heavy atom. The second kappa shape index (κ2) is 11.5. The fourth-order valence-corrected chi connectivity index (χ4v) is 7.45. The molecular formula is C27H36N4O4S2. The number of amides is 1. The molecule has 8 nitrogen and oxygen atoms in total. The molecule has 2 atom stereocenters. The highest BCUT2D eigenvalue weighted by atomic mass is 32.2. The van der Waals surface area contributed by atoms with Gasteiger partial charge in [0.15, 0.2) is 5.13 Å². The van der Waals surface area contributed by atoms with Crippen molar-refractivity contribution in [2.75, 3.05) is 51.8 Å². The van der Waals surface area contributed by atoms with Crippen LogP contribution in [-0.4, -0.2) is 75.4 Å². The molecule has 3 aromatic rings. The molecular weight excluding hydrogens is 508 g/mol. The van der Waals surface area contributed by atoms with E-state index in [1.54, 1.807) is 33.5 Å². The van der Waals surface area contributed by atoms with E-state index >= 15 is 0 Å². The van der Waals surface area contributed by atoms with Gasteiger partial charge in [0.2, 0.25) is 10.0 Å². The molecule has 1 saturated heterocycles. The van der Waals surface area contributed by atoms with Crippen molar-refractivity contribution in [3.05, 3.63) is 48.0 Å². The first-order chi connectivity index (χ1) is 17.6. The van der Waals surface area contributed by atoms with Crippen molar-refractivity contribution in [3.8, 4) is 5.75 Å². The number of nitrogens with zero attached hydrogens (tertiary/aromatic N) is 4. The minimum absolute atomic E-state index is 0.214. The van der Waals surface area contributed by atoms with Crippen LogP contribution >= 0.6 is 11.3 Å². The van der Waals surface area contributed by atoms with E-state index in [2.05, 4.69) is 13.8 Å². The quantitative estimate of drug-likeness (QED) is 0.393. The normalized spacial score (nSPS) is 18.9. The maximum absolute atomic E-state index is 13.7. The molecule has 0 saturated carbocycles. The van der Waals surface area contributed by atoms with E-state index < -0.39 is 10.0 Å². The molecule has 1 aliphatic heterocycles. The Labute approximate surface area is 223 Å². The molecule has 0 aliphatic carbocycles. The number of sulfonamides is 1. The van der Waals surface area contributed by atoms with E-state index in [9.17, 15) is 13.2 Å². The Bertz CT molecular complexity index is 1330. The number of anilines is 1. The van der Waals surface area contributed by atoms with Crippen LogP contribution in [0.25, 0.3) is 10.2 Å². The third-order valence-electron chi connectivity index (χ3n) is 6.49. The van der Waals surface area contributed by atoms with Gasteiger partial charge in [0.05, 0.1) is 16.2 Å². The summed E-state index contributed by atoms with van der Waals surface area (Å²) in [6, 6.07) is 12.1. The molecule has 2 heterocycles. The monoisotopic (exact) mass is 544 g/mol. The summed E-state index contributed by atoms with van der Waals surface area (Å²) in [6.07, 6.45) is 1.03. The molecule has 1 fully saturated rings. The van der Waals surface area contributed by atoms with Crippen LogP contribution < -0.4 is 9.64 Å². The summed E-state index contributed by atoms with van der Waals surface area (Å²) < 4.78 is 34.8. The highest BCUT2D eigenvalue weighted by Crippen LogP contribution is 2.35.